The molecule has 0 saturated carbocycles. The lowest BCUT2D eigenvalue weighted by Crippen LogP contribution is -2.35. The summed E-state index contributed by atoms with van der Waals surface area (Å²) in [5.74, 6) is -0.857. The first-order chi connectivity index (χ1) is 12.3. The number of anilines is 1. The molecule has 1 heterocycles. The summed E-state index contributed by atoms with van der Waals surface area (Å²) < 4.78 is 67.1. The quantitative estimate of drug-likeness (QED) is 0.839. The Balaban J connectivity index is 1.81. The Kier molecular flexibility index (Phi) is 5.31. The summed E-state index contributed by atoms with van der Waals surface area (Å²) in [5.41, 5.74) is 0.158. The number of rotatable bonds is 5. The van der Waals surface area contributed by atoms with Crippen molar-refractivity contribution in [2.75, 3.05) is 17.8 Å². The Morgan fingerprint density at radius 1 is 0.846 bits per heavy atom. The maximum Gasteiger partial charge on any atom is 0.264 e. The van der Waals surface area contributed by atoms with Gasteiger partial charge in [-0.2, -0.15) is 4.31 Å². The lowest BCUT2D eigenvalue weighted by molar-refractivity contribution is 0.346. The van der Waals surface area contributed by atoms with Crippen LogP contribution in [0.4, 0.5) is 10.1 Å². The summed E-state index contributed by atoms with van der Waals surface area (Å²) in [6, 6.07) is 10.5. The third kappa shape index (κ3) is 3.89. The number of benzene rings is 2. The zero-order valence-electron chi connectivity index (χ0n) is 13.9. The summed E-state index contributed by atoms with van der Waals surface area (Å²) in [6.45, 7) is 0.980. The molecule has 1 N–H and O–H groups in total. The molecule has 6 nitrogen and oxygen atoms in total. The highest BCUT2D eigenvalue weighted by Gasteiger charge is 2.26. The van der Waals surface area contributed by atoms with Gasteiger partial charge in [0, 0.05) is 18.8 Å². The standard InChI is InChI=1S/C17H19FN2O4S2/c18-16-6-2-3-7-17(16)25(21,22)19-14-8-10-15(11-9-14)26(23,24)20-12-4-1-5-13-20/h2-3,6-11,19H,1,4-5,12-13H2. The first-order valence-electron chi connectivity index (χ1n) is 8.18. The van der Waals surface area contributed by atoms with E-state index >= 15 is 0 Å². The molecule has 3 rings (SSSR count). The van der Waals surface area contributed by atoms with Crippen LogP contribution in [0.1, 0.15) is 19.3 Å². The van der Waals surface area contributed by atoms with E-state index in [1.807, 2.05) is 0 Å². The van der Waals surface area contributed by atoms with Gasteiger partial charge < -0.3 is 0 Å². The molecule has 0 bridgehead atoms. The lowest BCUT2D eigenvalue weighted by Gasteiger charge is -2.25. The van der Waals surface area contributed by atoms with Gasteiger partial charge >= 0.3 is 0 Å². The summed E-state index contributed by atoms with van der Waals surface area (Å²) in [5, 5.41) is 0. The van der Waals surface area contributed by atoms with Gasteiger partial charge in [-0.15, -0.1) is 0 Å². The van der Waals surface area contributed by atoms with Gasteiger partial charge in [-0.3, -0.25) is 4.72 Å². The van der Waals surface area contributed by atoms with Crippen molar-refractivity contribution in [3.63, 3.8) is 0 Å². The monoisotopic (exact) mass is 398 g/mol. The zero-order chi connectivity index (χ0) is 18.8. The fourth-order valence-electron chi connectivity index (χ4n) is 2.82. The van der Waals surface area contributed by atoms with Gasteiger partial charge in [0.1, 0.15) is 10.7 Å². The predicted molar refractivity (Wildman–Crippen MR) is 96.3 cm³/mol. The van der Waals surface area contributed by atoms with Crippen LogP contribution in [0.15, 0.2) is 58.3 Å². The number of hydrogen-bond acceptors (Lipinski definition) is 4. The van der Waals surface area contributed by atoms with Crippen LogP contribution in [0.5, 0.6) is 0 Å². The molecule has 0 aliphatic carbocycles. The Morgan fingerprint density at radius 2 is 1.46 bits per heavy atom. The van der Waals surface area contributed by atoms with Gasteiger partial charge in [-0.1, -0.05) is 18.6 Å². The van der Waals surface area contributed by atoms with Crippen molar-refractivity contribution in [2.24, 2.45) is 0 Å². The van der Waals surface area contributed by atoms with Gasteiger partial charge in [0.05, 0.1) is 4.90 Å². The van der Waals surface area contributed by atoms with Gasteiger partial charge in [-0.05, 0) is 49.2 Å². The van der Waals surface area contributed by atoms with E-state index in [2.05, 4.69) is 4.72 Å². The maximum absolute atomic E-state index is 13.7. The van der Waals surface area contributed by atoms with E-state index < -0.39 is 30.8 Å². The van der Waals surface area contributed by atoms with E-state index in [1.165, 1.54) is 40.7 Å². The van der Waals surface area contributed by atoms with Crippen molar-refractivity contribution < 1.29 is 21.2 Å². The molecule has 2 aromatic rings. The number of nitrogens with one attached hydrogen (secondary N) is 1. The summed E-state index contributed by atoms with van der Waals surface area (Å²) in [6.07, 6.45) is 2.68. The third-order valence-electron chi connectivity index (χ3n) is 4.19. The number of piperidine rings is 1. The molecule has 1 aliphatic heterocycles. The number of sulfonamides is 2. The summed E-state index contributed by atoms with van der Waals surface area (Å²) in [7, 11) is -7.68. The van der Waals surface area contributed by atoms with Gasteiger partial charge in [0.15, 0.2) is 0 Å². The van der Waals surface area contributed by atoms with Gasteiger partial charge in [0.2, 0.25) is 10.0 Å². The summed E-state index contributed by atoms with van der Waals surface area (Å²) in [4.78, 5) is -0.363. The van der Waals surface area contributed by atoms with E-state index in [4.69, 9.17) is 0 Å². The minimum atomic E-state index is -4.10. The topological polar surface area (TPSA) is 83.5 Å². The molecule has 0 radical (unpaired) electrons. The smallest absolute Gasteiger partial charge is 0.264 e. The average molecular weight is 398 g/mol. The van der Waals surface area contributed by atoms with E-state index in [-0.39, 0.29) is 10.6 Å². The number of hydrogen-bond donors (Lipinski definition) is 1. The van der Waals surface area contributed by atoms with Crippen LogP contribution in [0.2, 0.25) is 0 Å². The van der Waals surface area contributed by atoms with Crippen LogP contribution in [-0.4, -0.2) is 34.2 Å². The van der Waals surface area contributed by atoms with Gasteiger partial charge in [-0.25, -0.2) is 21.2 Å². The number of nitrogens with zero attached hydrogens (tertiary/aromatic N) is 1. The highest BCUT2D eigenvalue weighted by atomic mass is 32.2. The first-order valence-corrected chi connectivity index (χ1v) is 11.1. The predicted octanol–water partition coefficient (Wildman–Crippen LogP) is 2.80. The zero-order valence-corrected chi connectivity index (χ0v) is 15.6. The summed E-state index contributed by atoms with van der Waals surface area (Å²) >= 11 is 0. The molecule has 1 saturated heterocycles. The van der Waals surface area contributed by atoms with Crippen LogP contribution in [0.25, 0.3) is 0 Å². The van der Waals surface area contributed by atoms with Crippen LogP contribution in [-0.2, 0) is 20.0 Å². The first kappa shape index (κ1) is 18.8. The average Bonchev–Trinajstić information content (AvgIpc) is 2.63. The second kappa shape index (κ2) is 7.34. The number of halogens is 1. The molecule has 0 aromatic heterocycles. The van der Waals surface area contributed by atoms with Crippen molar-refractivity contribution >= 4 is 25.7 Å². The highest BCUT2D eigenvalue weighted by molar-refractivity contribution is 7.92. The maximum atomic E-state index is 13.7. The molecular weight excluding hydrogens is 379 g/mol. The Bertz CT molecular complexity index is 984. The fraction of sp³-hybridized carbons (Fsp3) is 0.294. The second-order valence-electron chi connectivity index (χ2n) is 6.03. The molecule has 140 valence electrons. The van der Waals surface area contributed by atoms with Gasteiger partial charge in [0.25, 0.3) is 10.0 Å². The minimum absolute atomic E-state index is 0.105. The SMILES string of the molecule is O=S(=O)(Nc1ccc(S(=O)(=O)N2CCCCC2)cc1)c1ccccc1F. The van der Waals surface area contributed by atoms with Crippen LogP contribution >= 0.6 is 0 Å². The minimum Gasteiger partial charge on any atom is -0.280 e. The highest BCUT2D eigenvalue weighted by Crippen LogP contribution is 2.23. The third-order valence-corrected chi connectivity index (χ3v) is 7.51. The van der Waals surface area contributed by atoms with E-state index in [1.54, 1.807) is 0 Å². The molecule has 1 aliphatic rings. The van der Waals surface area contributed by atoms with Crippen LogP contribution in [0, 0.1) is 5.82 Å². The second-order valence-corrected chi connectivity index (χ2v) is 9.61. The van der Waals surface area contributed by atoms with Crippen molar-refractivity contribution in [1.82, 2.24) is 4.31 Å². The lowest BCUT2D eigenvalue weighted by atomic mass is 10.2. The Morgan fingerprint density at radius 3 is 2.08 bits per heavy atom. The fourth-order valence-corrected chi connectivity index (χ4v) is 5.48. The normalized spacial score (nSPS) is 16.3. The molecule has 0 unspecified atom stereocenters. The Labute approximate surface area is 152 Å². The molecular formula is C17H19FN2O4S2. The molecule has 0 spiro atoms. The Hall–Kier alpha value is -1.97. The van der Waals surface area contributed by atoms with Crippen molar-refractivity contribution in [3.05, 3.63) is 54.3 Å². The van der Waals surface area contributed by atoms with Crippen LogP contribution in [0.3, 0.4) is 0 Å². The van der Waals surface area contributed by atoms with Crippen molar-refractivity contribution in [2.45, 2.75) is 29.1 Å². The van der Waals surface area contributed by atoms with Crippen molar-refractivity contribution in [1.29, 1.82) is 0 Å². The molecule has 9 heteroatoms. The van der Waals surface area contributed by atoms with Crippen LogP contribution < -0.4 is 4.72 Å². The molecule has 26 heavy (non-hydrogen) atoms. The molecule has 1 fully saturated rings. The van der Waals surface area contributed by atoms with E-state index in [9.17, 15) is 21.2 Å². The largest absolute Gasteiger partial charge is 0.280 e. The molecule has 2 aromatic carbocycles. The molecule has 0 amide bonds. The van der Waals surface area contributed by atoms with Crippen molar-refractivity contribution in [3.8, 4) is 0 Å². The van der Waals surface area contributed by atoms with E-state index in [0.29, 0.717) is 13.1 Å². The molecule has 0 atom stereocenters. The van der Waals surface area contributed by atoms with E-state index in [0.717, 1.165) is 31.4 Å².